The standard InChI is InChI=1S/C35H33N5O8/c1-15-8-18-9-22-24(11-36)40-23(28(38(22)4)26(18)29(42)30(15)45-5)10-20-27(33-32(46-14-47-33)16(2)31(20)48-17(3)41)25(40)13-39-34(43)19-6-7-37-12-21(19)35(39)44/h6-8,12,22-25,28,42H,9-10,13-14H2,1-5H3/t22?,23?,24?,25-,28?/m0/s1. The van der Waals surface area contributed by atoms with Crippen molar-refractivity contribution in [2.45, 2.75) is 63.8 Å². The third kappa shape index (κ3) is 3.96. The highest BCUT2D eigenvalue weighted by atomic mass is 16.7. The van der Waals surface area contributed by atoms with Gasteiger partial charge < -0.3 is 24.1 Å². The van der Waals surface area contributed by atoms with Crippen molar-refractivity contribution in [1.82, 2.24) is 19.7 Å². The van der Waals surface area contributed by atoms with Crippen molar-refractivity contribution >= 4 is 17.8 Å². The number of rotatable bonds is 4. The van der Waals surface area contributed by atoms with Crippen molar-refractivity contribution in [3.05, 3.63) is 69.0 Å². The largest absolute Gasteiger partial charge is 0.504 e. The molecule has 8 rings (SSSR count). The number of ether oxygens (including phenoxy) is 4. The Labute approximate surface area is 276 Å². The molecule has 5 aliphatic heterocycles. The first kappa shape index (κ1) is 30.2. The van der Waals surface area contributed by atoms with E-state index < -0.39 is 42.0 Å². The maximum absolute atomic E-state index is 13.8. The summed E-state index contributed by atoms with van der Waals surface area (Å²) in [4.78, 5) is 49.5. The molecular weight excluding hydrogens is 618 g/mol. The zero-order valence-electron chi connectivity index (χ0n) is 27.1. The van der Waals surface area contributed by atoms with Gasteiger partial charge in [0.25, 0.3) is 11.8 Å². The van der Waals surface area contributed by atoms with Crippen LogP contribution in [0.2, 0.25) is 0 Å². The molecule has 2 bridgehead atoms. The second kappa shape index (κ2) is 10.7. The summed E-state index contributed by atoms with van der Waals surface area (Å²) in [7, 11) is 3.47. The molecule has 4 unspecified atom stereocenters. The number of phenolic OH excluding ortho intramolecular Hbond substituents is 1. The van der Waals surface area contributed by atoms with E-state index in [0.29, 0.717) is 58.1 Å². The third-order valence-corrected chi connectivity index (χ3v) is 10.6. The van der Waals surface area contributed by atoms with Gasteiger partial charge in [-0.2, -0.15) is 5.26 Å². The predicted octanol–water partition coefficient (Wildman–Crippen LogP) is 3.13. The molecule has 0 radical (unpaired) electrons. The van der Waals surface area contributed by atoms with E-state index in [-0.39, 0.29) is 36.3 Å². The van der Waals surface area contributed by atoms with Crippen LogP contribution >= 0.6 is 0 Å². The van der Waals surface area contributed by atoms with Crippen LogP contribution in [-0.2, 0) is 17.6 Å². The Bertz CT molecular complexity index is 1970. The Morgan fingerprint density at radius 1 is 1.10 bits per heavy atom. The van der Waals surface area contributed by atoms with Crippen LogP contribution in [0.5, 0.6) is 28.7 Å². The molecule has 2 aromatic carbocycles. The van der Waals surface area contributed by atoms with Gasteiger partial charge >= 0.3 is 5.97 Å². The summed E-state index contributed by atoms with van der Waals surface area (Å²) in [5.74, 6) is 0.0948. The molecule has 246 valence electrons. The van der Waals surface area contributed by atoms with Crippen LogP contribution < -0.4 is 18.9 Å². The first-order valence-electron chi connectivity index (χ1n) is 15.8. The number of fused-ring (bicyclic) bond motifs is 10. The first-order valence-corrected chi connectivity index (χ1v) is 15.8. The number of piperazine rings is 1. The summed E-state index contributed by atoms with van der Waals surface area (Å²) in [6.07, 6.45) is 3.63. The lowest BCUT2D eigenvalue weighted by Crippen LogP contribution is -2.68. The fourth-order valence-electron chi connectivity index (χ4n) is 8.76. The summed E-state index contributed by atoms with van der Waals surface area (Å²) >= 11 is 0. The minimum atomic E-state index is -0.765. The minimum absolute atomic E-state index is 0.0374. The van der Waals surface area contributed by atoms with Crippen LogP contribution in [0.4, 0.5) is 0 Å². The smallest absolute Gasteiger partial charge is 0.308 e. The van der Waals surface area contributed by atoms with Crippen molar-refractivity contribution in [2.75, 3.05) is 27.5 Å². The summed E-state index contributed by atoms with van der Waals surface area (Å²) < 4.78 is 23.5. The number of aryl methyl sites for hydroxylation is 1. The molecule has 3 aromatic rings. The molecule has 5 atom stereocenters. The fraction of sp³-hybridized carbons (Fsp3) is 0.400. The highest BCUT2D eigenvalue weighted by Gasteiger charge is 2.57. The molecule has 2 amide bonds. The lowest BCUT2D eigenvalue weighted by atomic mass is 9.71. The number of likely N-dealkylation sites (N-methyl/N-ethyl adjacent to an activating group) is 1. The van der Waals surface area contributed by atoms with Gasteiger partial charge in [0.2, 0.25) is 6.79 Å². The maximum atomic E-state index is 13.8. The van der Waals surface area contributed by atoms with Crippen molar-refractivity contribution in [2.24, 2.45) is 0 Å². The second-order valence-corrected chi connectivity index (χ2v) is 13.0. The number of benzene rings is 2. The quantitative estimate of drug-likeness (QED) is 0.250. The number of imide groups is 1. The number of hydrogen-bond acceptors (Lipinski definition) is 12. The number of phenols is 1. The highest BCUT2D eigenvalue weighted by Crippen LogP contribution is 2.58. The lowest BCUT2D eigenvalue weighted by Gasteiger charge is -2.60. The van der Waals surface area contributed by atoms with E-state index in [4.69, 9.17) is 18.9 Å². The number of pyridine rings is 1. The van der Waals surface area contributed by atoms with Crippen LogP contribution in [0.25, 0.3) is 0 Å². The van der Waals surface area contributed by atoms with Crippen LogP contribution in [0.3, 0.4) is 0 Å². The topological polar surface area (TPSA) is 155 Å². The molecule has 6 heterocycles. The van der Waals surface area contributed by atoms with Gasteiger partial charge in [-0.1, -0.05) is 6.07 Å². The number of esters is 1. The van der Waals surface area contributed by atoms with E-state index in [1.165, 1.54) is 37.4 Å². The molecular formula is C35H33N5O8. The van der Waals surface area contributed by atoms with Crippen molar-refractivity contribution in [3.8, 4) is 34.8 Å². The summed E-state index contributed by atoms with van der Waals surface area (Å²) in [5, 5.41) is 22.6. The Morgan fingerprint density at radius 2 is 1.85 bits per heavy atom. The number of nitriles is 1. The van der Waals surface area contributed by atoms with Gasteiger partial charge in [0.15, 0.2) is 23.0 Å². The van der Waals surface area contributed by atoms with E-state index in [0.717, 1.165) is 11.1 Å². The van der Waals surface area contributed by atoms with Gasteiger partial charge in [-0.15, -0.1) is 0 Å². The maximum Gasteiger partial charge on any atom is 0.308 e. The average molecular weight is 652 g/mol. The Kier molecular flexibility index (Phi) is 6.70. The fourth-order valence-corrected chi connectivity index (χ4v) is 8.76. The zero-order chi connectivity index (χ0) is 33.8. The number of carbonyl (C=O) groups is 3. The van der Waals surface area contributed by atoms with Gasteiger partial charge in [-0.3, -0.25) is 34.1 Å². The van der Waals surface area contributed by atoms with Crippen molar-refractivity contribution in [3.63, 3.8) is 0 Å². The van der Waals surface area contributed by atoms with E-state index in [2.05, 4.69) is 20.9 Å². The third-order valence-electron chi connectivity index (χ3n) is 10.6. The molecule has 48 heavy (non-hydrogen) atoms. The van der Waals surface area contributed by atoms with Gasteiger partial charge in [0, 0.05) is 60.2 Å². The number of amides is 2. The van der Waals surface area contributed by atoms with Crippen LogP contribution in [0.15, 0.2) is 24.5 Å². The van der Waals surface area contributed by atoms with Gasteiger partial charge in [0.05, 0.1) is 36.4 Å². The second-order valence-electron chi connectivity index (χ2n) is 13.0. The van der Waals surface area contributed by atoms with Crippen LogP contribution in [0, 0.1) is 25.2 Å². The van der Waals surface area contributed by atoms with Crippen molar-refractivity contribution < 1.29 is 38.4 Å². The first-order chi connectivity index (χ1) is 23.1. The van der Waals surface area contributed by atoms with E-state index in [1.807, 2.05) is 20.0 Å². The molecule has 1 N–H and O–H groups in total. The minimum Gasteiger partial charge on any atom is -0.504 e. The molecule has 13 nitrogen and oxygen atoms in total. The van der Waals surface area contributed by atoms with Gasteiger partial charge in [-0.25, -0.2) is 0 Å². The number of carbonyl (C=O) groups excluding carboxylic acids is 3. The molecule has 1 saturated heterocycles. The normalized spacial score (nSPS) is 25.2. The molecule has 0 saturated carbocycles. The monoisotopic (exact) mass is 651 g/mol. The number of hydrogen-bond donors (Lipinski definition) is 1. The summed E-state index contributed by atoms with van der Waals surface area (Å²) in [6.45, 7) is 4.80. The lowest BCUT2D eigenvalue weighted by molar-refractivity contribution is -0.132. The Balaban J connectivity index is 1.38. The Hall–Kier alpha value is -5.19. The number of aromatic hydroxyl groups is 1. The SMILES string of the molecule is COc1c(C)cc2c(c1O)C1C3Cc4c(OC(C)=O)c(C)c5c(c4[C@H](CN4C(=O)c6ccncc6C4=O)N3C(C#N)C(C2)N1C)OCO5. The van der Waals surface area contributed by atoms with E-state index in [9.17, 15) is 24.8 Å². The molecule has 1 fully saturated rings. The molecule has 1 aromatic heterocycles. The number of nitrogens with zero attached hydrogens (tertiary/aromatic N) is 5. The molecule has 0 aliphatic carbocycles. The van der Waals surface area contributed by atoms with Crippen LogP contribution in [-0.4, -0.2) is 88.2 Å². The summed E-state index contributed by atoms with van der Waals surface area (Å²) in [5.41, 5.74) is 4.71. The van der Waals surface area contributed by atoms with E-state index in [1.54, 1.807) is 6.92 Å². The number of aromatic nitrogens is 1. The molecule has 13 heteroatoms. The van der Waals surface area contributed by atoms with Gasteiger partial charge in [0.1, 0.15) is 11.8 Å². The molecule has 0 spiro atoms. The summed E-state index contributed by atoms with van der Waals surface area (Å²) in [6, 6.07) is 3.44. The van der Waals surface area contributed by atoms with Crippen molar-refractivity contribution in [1.29, 1.82) is 5.26 Å². The van der Waals surface area contributed by atoms with Gasteiger partial charge in [-0.05, 0) is 50.9 Å². The Morgan fingerprint density at radius 3 is 2.56 bits per heavy atom. The number of methoxy groups -OCH3 is 1. The predicted molar refractivity (Wildman–Crippen MR) is 167 cm³/mol. The van der Waals surface area contributed by atoms with Crippen LogP contribution in [0.1, 0.15) is 73.1 Å². The average Bonchev–Trinajstić information content (AvgIpc) is 3.64. The zero-order valence-corrected chi connectivity index (χ0v) is 27.1. The molecule has 5 aliphatic rings. The van der Waals surface area contributed by atoms with E-state index >= 15 is 0 Å². The highest BCUT2D eigenvalue weighted by molar-refractivity contribution is 6.21.